The van der Waals surface area contributed by atoms with Gasteiger partial charge in [-0.2, -0.15) is 18.3 Å². The summed E-state index contributed by atoms with van der Waals surface area (Å²) < 4.78 is 44.7. The molecule has 3 aromatic rings. The first-order chi connectivity index (χ1) is 15.7. The van der Waals surface area contributed by atoms with Crippen LogP contribution in [0.15, 0.2) is 34.9 Å². The molecule has 0 unspecified atom stereocenters. The number of hydrogen-bond donors (Lipinski definition) is 2. The Morgan fingerprint density at radius 2 is 1.82 bits per heavy atom. The lowest BCUT2D eigenvalue weighted by atomic mass is 9.53. The van der Waals surface area contributed by atoms with E-state index in [0.29, 0.717) is 10.1 Å². The van der Waals surface area contributed by atoms with Gasteiger partial charge in [-0.25, -0.2) is 14.3 Å². The zero-order valence-corrected chi connectivity index (χ0v) is 18.1. The number of rotatable bonds is 3. The van der Waals surface area contributed by atoms with E-state index in [1.54, 1.807) is 19.3 Å². The highest BCUT2D eigenvalue weighted by molar-refractivity contribution is 5.86. The van der Waals surface area contributed by atoms with Crippen LogP contribution in [0.4, 0.5) is 13.2 Å². The van der Waals surface area contributed by atoms with Crippen LogP contribution in [0.2, 0.25) is 0 Å². The molecule has 0 spiro atoms. The van der Waals surface area contributed by atoms with Gasteiger partial charge in [-0.1, -0.05) is 0 Å². The van der Waals surface area contributed by atoms with Crippen LogP contribution < -0.4 is 5.32 Å². The van der Waals surface area contributed by atoms with Crippen molar-refractivity contribution >= 4 is 11.6 Å². The van der Waals surface area contributed by atoms with E-state index in [0.717, 1.165) is 29.9 Å². The zero-order chi connectivity index (χ0) is 23.4. The number of carbonyl (C=O) groups is 1. The highest BCUT2D eigenvalue weighted by Gasteiger charge is 2.49. The van der Waals surface area contributed by atoms with Gasteiger partial charge in [0.25, 0.3) is 0 Å². The normalized spacial score (nSPS) is 28.1. The average Bonchev–Trinajstić information content (AvgIpc) is 3.42. The van der Waals surface area contributed by atoms with Crippen LogP contribution in [-0.4, -0.2) is 38.3 Å². The summed E-state index contributed by atoms with van der Waals surface area (Å²) in [7, 11) is 2.17. The lowest BCUT2D eigenvalue weighted by molar-refractivity contribution is -0.142. The lowest BCUT2D eigenvalue weighted by Crippen LogP contribution is -2.57. The fraction of sp³-hybridized carbons (Fsp3) is 0.522. The highest BCUT2D eigenvalue weighted by atomic mass is 19.4. The number of carboxylic acid groups (broad SMARTS) is 1. The van der Waals surface area contributed by atoms with Gasteiger partial charge in [0.1, 0.15) is 5.69 Å². The molecule has 0 saturated heterocycles. The Morgan fingerprint density at radius 3 is 2.30 bits per heavy atom. The Bertz CT molecular complexity index is 1130. The van der Waals surface area contributed by atoms with E-state index < -0.39 is 23.5 Å². The van der Waals surface area contributed by atoms with Gasteiger partial charge in [0, 0.05) is 11.6 Å². The van der Waals surface area contributed by atoms with E-state index in [-0.39, 0.29) is 17.1 Å². The number of furan rings is 1. The molecule has 0 radical (unpaired) electrons. The number of aromatic carboxylic acids is 1. The van der Waals surface area contributed by atoms with Crippen molar-refractivity contribution in [2.24, 2.45) is 17.8 Å². The van der Waals surface area contributed by atoms with Crippen molar-refractivity contribution in [3.63, 3.8) is 0 Å². The molecular formula is C23H25F3N4O3. The van der Waals surface area contributed by atoms with E-state index >= 15 is 0 Å². The largest absolute Gasteiger partial charge is 0.476 e. The summed E-state index contributed by atoms with van der Waals surface area (Å²) >= 11 is 0. The summed E-state index contributed by atoms with van der Waals surface area (Å²) in [5.74, 6) is 1.96. The van der Waals surface area contributed by atoms with E-state index in [9.17, 15) is 18.0 Å². The van der Waals surface area contributed by atoms with Crippen LogP contribution in [0.25, 0.3) is 17.1 Å². The summed E-state index contributed by atoms with van der Waals surface area (Å²) in [6, 6.07) is 4.68. The molecule has 4 fully saturated rings. The minimum Gasteiger partial charge on any atom is -0.476 e. The van der Waals surface area contributed by atoms with Gasteiger partial charge in [-0.3, -0.25) is 0 Å². The maximum Gasteiger partial charge on any atom is 0.433 e. The van der Waals surface area contributed by atoms with Crippen molar-refractivity contribution in [1.29, 1.82) is 0 Å². The van der Waals surface area contributed by atoms with Crippen LogP contribution in [-0.2, 0) is 6.18 Å². The summed E-state index contributed by atoms with van der Waals surface area (Å²) in [4.78, 5) is 14.8. The third kappa shape index (κ3) is 4.12. The molecule has 4 saturated carbocycles. The Hall–Kier alpha value is -2.88. The van der Waals surface area contributed by atoms with Crippen molar-refractivity contribution < 1.29 is 27.5 Å². The molecule has 2 N–H and O–H groups in total. The average molecular weight is 462 g/mol. The highest BCUT2D eigenvalue weighted by Crippen LogP contribution is 2.55. The molecule has 0 aliphatic heterocycles. The van der Waals surface area contributed by atoms with E-state index in [4.69, 9.17) is 9.52 Å². The second-order valence-electron chi connectivity index (χ2n) is 9.55. The smallest absolute Gasteiger partial charge is 0.433 e. The molecule has 0 aromatic carbocycles. The number of fused-ring (bicyclic) bond motifs is 1. The third-order valence-corrected chi connectivity index (χ3v) is 7.28. The van der Waals surface area contributed by atoms with Crippen molar-refractivity contribution in [2.75, 3.05) is 7.05 Å². The van der Waals surface area contributed by atoms with Crippen molar-refractivity contribution in [1.82, 2.24) is 19.9 Å². The van der Waals surface area contributed by atoms with Gasteiger partial charge < -0.3 is 14.8 Å². The molecule has 0 atom stereocenters. The lowest BCUT2D eigenvalue weighted by Gasteiger charge is -2.56. The first-order valence-corrected chi connectivity index (χ1v) is 11.1. The van der Waals surface area contributed by atoms with E-state index in [2.05, 4.69) is 22.4 Å². The molecule has 10 heteroatoms. The van der Waals surface area contributed by atoms with Gasteiger partial charge in [0.2, 0.25) is 0 Å². The van der Waals surface area contributed by atoms with E-state index in [1.165, 1.54) is 37.7 Å². The van der Waals surface area contributed by atoms with Gasteiger partial charge in [-0.05, 0) is 81.5 Å². The van der Waals surface area contributed by atoms with Crippen LogP contribution >= 0.6 is 0 Å². The molecule has 176 valence electrons. The van der Waals surface area contributed by atoms with Crippen LogP contribution in [0.1, 0.15) is 54.7 Å². The molecule has 4 aliphatic carbocycles. The molecule has 7 nitrogen and oxygen atoms in total. The number of halogens is 3. The Labute approximate surface area is 188 Å². The molecule has 4 aliphatic rings. The van der Waals surface area contributed by atoms with Gasteiger partial charge >= 0.3 is 12.1 Å². The minimum atomic E-state index is -4.72. The molecular weight excluding hydrogens is 437 g/mol. The maximum atomic E-state index is 13.1. The van der Waals surface area contributed by atoms with E-state index in [1.807, 2.05) is 0 Å². The van der Waals surface area contributed by atoms with Crippen molar-refractivity contribution in [2.45, 2.75) is 50.2 Å². The quantitative estimate of drug-likeness (QED) is 0.576. The van der Waals surface area contributed by atoms with Crippen molar-refractivity contribution in [3.05, 3.63) is 41.9 Å². The summed E-state index contributed by atoms with van der Waals surface area (Å²) in [5, 5.41) is 15.8. The van der Waals surface area contributed by atoms with Crippen LogP contribution in [0, 0.1) is 17.8 Å². The van der Waals surface area contributed by atoms with Crippen LogP contribution in [0.3, 0.4) is 0 Å². The monoisotopic (exact) mass is 462 g/mol. The predicted octanol–water partition coefficient (Wildman–Crippen LogP) is 4.88. The molecule has 3 aromatic heterocycles. The van der Waals surface area contributed by atoms with Gasteiger partial charge in [0.15, 0.2) is 22.8 Å². The molecule has 0 amide bonds. The molecule has 3 heterocycles. The van der Waals surface area contributed by atoms with Crippen molar-refractivity contribution in [3.8, 4) is 11.5 Å². The molecule has 33 heavy (non-hydrogen) atoms. The Kier molecular flexibility index (Phi) is 5.23. The predicted molar refractivity (Wildman–Crippen MR) is 113 cm³/mol. The second kappa shape index (κ2) is 7.86. The Balaban J connectivity index is 0.000000159. The number of nitrogens with zero attached hydrogens (tertiary/aromatic N) is 3. The summed E-state index contributed by atoms with van der Waals surface area (Å²) in [6.45, 7) is 0. The molecule has 7 rings (SSSR count). The third-order valence-electron chi connectivity index (χ3n) is 7.28. The standard InChI is InChI=1S/C12H6F3N3O3.C11H19N/c13-12(14,15)9-4-6(8-2-1-3-21-8)16-10-5-7(11(19)20)17-18(9)10;1-12-11-5-8-2-9(6-11)4-10(3-8)7-11/h1-5H,(H,19,20);8-10,12H,2-7H2,1H3. The molecule has 4 bridgehead atoms. The first-order valence-electron chi connectivity index (χ1n) is 11.1. The summed E-state index contributed by atoms with van der Waals surface area (Å²) in [5.41, 5.74) is -1.35. The number of hydrogen-bond acceptors (Lipinski definition) is 5. The van der Waals surface area contributed by atoms with Gasteiger partial charge in [-0.15, -0.1) is 0 Å². The number of aromatic nitrogens is 3. The summed E-state index contributed by atoms with van der Waals surface area (Å²) in [6.07, 6.45) is 5.70. The SMILES string of the molecule is CNC12CC3CC(CC(C3)C1)C2.O=C(O)c1cc2nc(-c3ccco3)cc(C(F)(F)F)n2n1. The fourth-order valence-corrected chi connectivity index (χ4v) is 6.25. The Morgan fingerprint density at radius 1 is 1.18 bits per heavy atom. The van der Waals surface area contributed by atoms with Gasteiger partial charge in [0.05, 0.1) is 6.26 Å². The maximum absolute atomic E-state index is 13.1. The van der Waals surface area contributed by atoms with Crippen LogP contribution in [0.5, 0.6) is 0 Å². The number of alkyl halides is 3. The zero-order valence-electron chi connectivity index (χ0n) is 18.1. The fourth-order valence-electron chi connectivity index (χ4n) is 6.25. The minimum absolute atomic E-state index is 0.0586. The second-order valence-corrected chi connectivity index (χ2v) is 9.55. The number of carboxylic acids is 1. The topological polar surface area (TPSA) is 92.7 Å². The first kappa shape index (κ1) is 21.9. The number of nitrogens with one attached hydrogen (secondary N) is 1.